The number of carbonyl (C=O) groups excluding carboxylic acids is 1. The van der Waals surface area contributed by atoms with Crippen LogP contribution in [0.15, 0.2) is 30.3 Å². The summed E-state index contributed by atoms with van der Waals surface area (Å²) in [5.41, 5.74) is 4.34. The van der Waals surface area contributed by atoms with Gasteiger partial charge in [0.1, 0.15) is 6.61 Å². The largest absolute Gasteiger partial charge is 0.464 e. The third kappa shape index (κ3) is 4.51. The molecule has 0 saturated carbocycles. The molecule has 0 spiro atoms. The van der Waals surface area contributed by atoms with Crippen molar-refractivity contribution in [3.05, 3.63) is 35.9 Å². The van der Waals surface area contributed by atoms with Crippen LogP contribution in [-0.4, -0.2) is 17.3 Å². The number of rotatable bonds is 2. The minimum atomic E-state index is -1.35. The first-order chi connectivity index (χ1) is 7.18. The van der Waals surface area contributed by atoms with Gasteiger partial charge in [0.05, 0.1) is 0 Å². The molecule has 0 aliphatic heterocycles. The van der Waals surface area contributed by atoms with Crippen molar-refractivity contribution in [2.24, 2.45) is 0 Å². The summed E-state index contributed by atoms with van der Waals surface area (Å²) in [5.74, 6) is 0. The van der Waals surface area contributed by atoms with Gasteiger partial charge in [0.15, 0.2) is 0 Å². The molecule has 0 atom stereocenters. The van der Waals surface area contributed by atoms with Gasteiger partial charge in [0.25, 0.3) is 0 Å². The molecule has 15 heavy (non-hydrogen) atoms. The number of hydrazine groups is 1. The summed E-state index contributed by atoms with van der Waals surface area (Å²) in [6.45, 7) is 0.0912. The van der Waals surface area contributed by atoms with Gasteiger partial charge in [-0.1, -0.05) is 30.3 Å². The molecule has 2 amide bonds. The number of benzene rings is 1. The lowest BCUT2D eigenvalue weighted by Gasteiger charge is -2.05. The van der Waals surface area contributed by atoms with Crippen LogP contribution in [0.2, 0.25) is 0 Å². The monoisotopic (exact) mass is 210 g/mol. The fourth-order valence-corrected chi connectivity index (χ4v) is 0.864. The molecule has 0 radical (unpaired) electrons. The van der Waals surface area contributed by atoms with E-state index in [0.29, 0.717) is 0 Å². The molecular weight excluding hydrogens is 200 g/mol. The van der Waals surface area contributed by atoms with Crippen LogP contribution in [0.25, 0.3) is 0 Å². The Labute approximate surface area is 85.8 Å². The summed E-state index contributed by atoms with van der Waals surface area (Å²) in [6, 6.07) is 9.05. The van der Waals surface area contributed by atoms with Crippen LogP contribution >= 0.6 is 0 Å². The van der Waals surface area contributed by atoms with Crippen LogP contribution < -0.4 is 10.9 Å². The molecule has 3 N–H and O–H groups in total. The zero-order chi connectivity index (χ0) is 11.1. The van der Waals surface area contributed by atoms with Crippen molar-refractivity contribution in [1.29, 1.82) is 0 Å². The van der Waals surface area contributed by atoms with Gasteiger partial charge in [-0.05, 0) is 5.56 Å². The lowest BCUT2D eigenvalue weighted by atomic mass is 10.2. The summed E-state index contributed by atoms with van der Waals surface area (Å²) in [4.78, 5) is 20.9. The van der Waals surface area contributed by atoms with E-state index >= 15 is 0 Å². The van der Waals surface area contributed by atoms with Crippen molar-refractivity contribution in [3.63, 3.8) is 0 Å². The lowest BCUT2D eigenvalue weighted by Crippen LogP contribution is -2.40. The van der Waals surface area contributed by atoms with Gasteiger partial charge < -0.3 is 9.84 Å². The van der Waals surface area contributed by atoms with E-state index in [1.807, 2.05) is 23.6 Å². The Morgan fingerprint density at radius 1 is 1.20 bits per heavy atom. The number of hydrogen-bond acceptors (Lipinski definition) is 3. The van der Waals surface area contributed by atoms with E-state index in [0.717, 1.165) is 5.56 Å². The fourth-order valence-electron chi connectivity index (χ4n) is 0.864. The average Bonchev–Trinajstić information content (AvgIpc) is 2.25. The second-order valence-corrected chi connectivity index (χ2v) is 2.62. The van der Waals surface area contributed by atoms with E-state index in [1.54, 1.807) is 17.6 Å². The maximum Gasteiger partial charge on any atom is 0.426 e. The molecule has 1 aromatic rings. The normalized spacial score (nSPS) is 9.07. The maximum atomic E-state index is 10.9. The molecule has 0 bridgehead atoms. The SMILES string of the molecule is O=C(O)NNC(=O)OCc1ccccc1. The van der Waals surface area contributed by atoms with E-state index in [9.17, 15) is 9.59 Å². The van der Waals surface area contributed by atoms with Crippen molar-refractivity contribution in [3.8, 4) is 0 Å². The van der Waals surface area contributed by atoms with E-state index in [1.165, 1.54) is 0 Å². The zero-order valence-electron chi connectivity index (χ0n) is 7.77. The van der Waals surface area contributed by atoms with E-state index in [2.05, 4.69) is 0 Å². The molecule has 0 unspecified atom stereocenters. The highest BCUT2D eigenvalue weighted by Gasteiger charge is 2.02. The molecule has 0 aromatic heterocycles. The highest BCUT2D eigenvalue weighted by molar-refractivity contribution is 5.72. The van der Waals surface area contributed by atoms with Crippen molar-refractivity contribution < 1.29 is 19.4 Å². The first-order valence-corrected chi connectivity index (χ1v) is 4.14. The standard InChI is InChI=1S/C9H10N2O4/c12-8(13)10-11-9(14)15-6-7-4-2-1-3-5-7/h1-5,10H,6H2,(H,11,14)(H,12,13). The summed E-state index contributed by atoms with van der Waals surface area (Å²) in [7, 11) is 0. The molecule has 0 aliphatic rings. The summed E-state index contributed by atoms with van der Waals surface area (Å²) in [6.07, 6.45) is -2.20. The molecule has 6 nitrogen and oxygen atoms in total. The van der Waals surface area contributed by atoms with Gasteiger partial charge >= 0.3 is 12.2 Å². The molecule has 0 aliphatic carbocycles. The van der Waals surface area contributed by atoms with Crippen LogP contribution in [0.4, 0.5) is 9.59 Å². The molecule has 1 rings (SSSR count). The highest BCUT2D eigenvalue weighted by Crippen LogP contribution is 1.99. The van der Waals surface area contributed by atoms with Gasteiger partial charge in [-0.2, -0.15) is 0 Å². The number of ether oxygens (including phenoxy) is 1. The summed E-state index contributed by atoms with van der Waals surface area (Å²) in [5, 5.41) is 8.17. The summed E-state index contributed by atoms with van der Waals surface area (Å²) < 4.78 is 4.70. The lowest BCUT2D eigenvalue weighted by molar-refractivity contribution is 0.131. The third-order valence-electron chi connectivity index (χ3n) is 1.48. The molecule has 0 fully saturated rings. The van der Waals surface area contributed by atoms with Crippen LogP contribution in [0.5, 0.6) is 0 Å². The van der Waals surface area contributed by atoms with E-state index in [-0.39, 0.29) is 6.61 Å². The van der Waals surface area contributed by atoms with E-state index in [4.69, 9.17) is 9.84 Å². The Hall–Kier alpha value is -2.24. The maximum absolute atomic E-state index is 10.9. The van der Waals surface area contributed by atoms with Gasteiger partial charge in [-0.3, -0.25) is 0 Å². The number of carboxylic acid groups (broad SMARTS) is 1. The van der Waals surface area contributed by atoms with Crippen molar-refractivity contribution in [2.75, 3.05) is 0 Å². The molecule has 80 valence electrons. The molecule has 1 aromatic carbocycles. The highest BCUT2D eigenvalue weighted by atomic mass is 16.6. The van der Waals surface area contributed by atoms with Crippen LogP contribution in [0.3, 0.4) is 0 Å². The Morgan fingerprint density at radius 2 is 1.87 bits per heavy atom. The topological polar surface area (TPSA) is 87.7 Å². The van der Waals surface area contributed by atoms with E-state index < -0.39 is 12.2 Å². The van der Waals surface area contributed by atoms with Crippen molar-refractivity contribution in [2.45, 2.75) is 6.61 Å². The molecule has 0 saturated heterocycles. The number of carbonyl (C=O) groups is 2. The Balaban J connectivity index is 2.26. The van der Waals surface area contributed by atoms with Crippen LogP contribution in [-0.2, 0) is 11.3 Å². The predicted octanol–water partition coefficient (Wildman–Crippen LogP) is 1.10. The van der Waals surface area contributed by atoms with Gasteiger partial charge in [-0.25, -0.2) is 20.4 Å². The van der Waals surface area contributed by atoms with Gasteiger partial charge in [0.2, 0.25) is 0 Å². The Bertz CT molecular complexity index is 339. The second-order valence-electron chi connectivity index (χ2n) is 2.62. The molecule has 6 heteroatoms. The second kappa shape index (κ2) is 5.48. The Morgan fingerprint density at radius 3 is 2.47 bits per heavy atom. The number of nitrogens with one attached hydrogen (secondary N) is 2. The van der Waals surface area contributed by atoms with Gasteiger partial charge in [-0.15, -0.1) is 0 Å². The average molecular weight is 210 g/mol. The van der Waals surface area contributed by atoms with Crippen molar-refractivity contribution in [1.82, 2.24) is 10.9 Å². The number of hydrogen-bond donors (Lipinski definition) is 3. The third-order valence-corrected chi connectivity index (χ3v) is 1.48. The van der Waals surface area contributed by atoms with Gasteiger partial charge in [0, 0.05) is 0 Å². The minimum Gasteiger partial charge on any atom is -0.464 e. The minimum absolute atomic E-state index is 0.0912. The Kier molecular flexibility index (Phi) is 3.96. The smallest absolute Gasteiger partial charge is 0.426 e. The predicted molar refractivity (Wildman–Crippen MR) is 50.9 cm³/mol. The summed E-state index contributed by atoms with van der Waals surface area (Å²) >= 11 is 0. The number of amides is 2. The van der Waals surface area contributed by atoms with Crippen LogP contribution in [0.1, 0.15) is 5.56 Å². The van der Waals surface area contributed by atoms with Crippen LogP contribution in [0, 0.1) is 0 Å². The van der Waals surface area contributed by atoms with Crippen molar-refractivity contribution >= 4 is 12.2 Å². The molecular formula is C9H10N2O4. The fraction of sp³-hybridized carbons (Fsp3) is 0.111. The first-order valence-electron chi connectivity index (χ1n) is 4.14. The first kappa shape index (κ1) is 10.8. The quantitative estimate of drug-likeness (QED) is 0.637. The molecule has 0 heterocycles. The zero-order valence-corrected chi connectivity index (χ0v) is 7.77.